The first-order chi connectivity index (χ1) is 23.3. The Balaban J connectivity index is 1.01. The second-order valence-corrected chi connectivity index (χ2v) is 11.7. The van der Waals surface area contributed by atoms with E-state index >= 15 is 0 Å². The molecule has 0 saturated heterocycles. The molecule has 2 heterocycles. The van der Waals surface area contributed by atoms with Gasteiger partial charge in [-0.15, -0.1) is 0 Å². The van der Waals surface area contributed by atoms with Crippen LogP contribution in [0.1, 0.15) is 0 Å². The summed E-state index contributed by atoms with van der Waals surface area (Å²) in [4.78, 5) is 14.5. The minimum Gasteiger partial charge on any atom is -0.456 e. The van der Waals surface area contributed by atoms with Crippen molar-refractivity contribution < 1.29 is 4.74 Å². The maximum absolute atomic E-state index is 6.40. The van der Waals surface area contributed by atoms with Crippen molar-refractivity contribution in [3.8, 4) is 79.0 Å². The number of nitrogens with zero attached hydrogens (tertiary/aromatic N) is 3. The Morgan fingerprint density at radius 1 is 0.319 bits per heavy atom. The van der Waals surface area contributed by atoms with Gasteiger partial charge in [-0.3, -0.25) is 0 Å². The standard InChI is InChI=1S/C43H27N3O/c1-3-9-32(10-4-1)41-44-42(33-11-5-2-6-12-33)46-43(45-41)34-23-21-29(22-24-34)28-17-19-30(20-18-28)35-25-26-36-37-15-7-13-31-14-8-16-38(40(31)37)47-39(36)27-35/h1-27H. The van der Waals surface area contributed by atoms with Crippen LogP contribution >= 0.6 is 0 Å². The van der Waals surface area contributed by atoms with E-state index in [2.05, 4.69) is 97.1 Å². The van der Waals surface area contributed by atoms with E-state index in [1.807, 2.05) is 66.7 Å². The zero-order valence-corrected chi connectivity index (χ0v) is 25.3. The zero-order valence-electron chi connectivity index (χ0n) is 25.3. The Bertz CT molecular complexity index is 2340. The van der Waals surface area contributed by atoms with Crippen LogP contribution in [0.25, 0.3) is 78.3 Å². The molecule has 1 aromatic heterocycles. The molecule has 0 saturated carbocycles. The molecule has 4 nitrogen and oxygen atoms in total. The average Bonchev–Trinajstić information content (AvgIpc) is 3.15. The zero-order chi connectivity index (χ0) is 31.2. The van der Waals surface area contributed by atoms with Crippen LogP contribution in [-0.4, -0.2) is 15.0 Å². The normalized spacial score (nSPS) is 11.6. The average molecular weight is 602 g/mol. The fourth-order valence-corrected chi connectivity index (χ4v) is 6.35. The van der Waals surface area contributed by atoms with Crippen LogP contribution in [0.4, 0.5) is 0 Å². The van der Waals surface area contributed by atoms with Gasteiger partial charge in [0.15, 0.2) is 17.5 Å². The highest BCUT2D eigenvalue weighted by atomic mass is 16.5. The number of hydrogen-bond donors (Lipinski definition) is 0. The van der Waals surface area contributed by atoms with Crippen LogP contribution in [-0.2, 0) is 0 Å². The van der Waals surface area contributed by atoms with Gasteiger partial charge in [0, 0.05) is 27.6 Å². The van der Waals surface area contributed by atoms with Crippen molar-refractivity contribution in [2.24, 2.45) is 0 Å². The largest absolute Gasteiger partial charge is 0.456 e. The van der Waals surface area contributed by atoms with Gasteiger partial charge in [-0.1, -0.05) is 146 Å². The highest BCUT2D eigenvalue weighted by Gasteiger charge is 2.20. The molecule has 47 heavy (non-hydrogen) atoms. The Labute approximate surface area is 272 Å². The van der Waals surface area contributed by atoms with Crippen molar-refractivity contribution >= 4 is 10.8 Å². The summed E-state index contributed by atoms with van der Waals surface area (Å²) in [5.41, 5.74) is 9.72. The van der Waals surface area contributed by atoms with Gasteiger partial charge in [0.2, 0.25) is 0 Å². The molecule has 0 radical (unpaired) electrons. The molecule has 0 aliphatic carbocycles. The summed E-state index contributed by atoms with van der Waals surface area (Å²) in [6, 6.07) is 56.4. The number of hydrogen-bond acceptors (Lipinski definition) is 4. The summed E-state index contributed by atoms with van der Waals surface area (Å²) in [7, 11) is 0. The summed E-state index contributed by atoms with van der Waals surface area (Å²) in [5.74, 6) is 3.75. The molecule has 0 atom stereocenters. The molecule has 0 N–H and O–H groups in total. The Kier molecular flexibility index (Phi) is 6.43. The molecular formula is C43H27N3O. The lowest BCUT2D eigenvalue weighted by atomic mass is 9.92. The fraction of sp³-hybridized carbons (Fsp3) is 0. The lowest BCUT2D eigenvalue weighted by Crippen LogP contribution is -2.00. The first kappa shape index (κ1) is 27.0. The van der Waals surface area contributed by atoms with E-state index in [0.717, 1.165) is 56.0 Å². The van der Waals surface area contributed by atoms with E-state index in [1.54, 1.807) is 0 Å². The van der Waals surface area contributed by atoms with E-state index in [4.69, 9.17) is 19.7 Å². The van der Waals surface area contributed by atoms with Crippen LogP contribution in [0, 0.1) is 0 Å². The third-order valence-electron chi connectivity index (χ3n) is 8.75. The number of rotatable bonds is 5. The van der Waals surface area contributed by atoms with E-state index < -0.39 is 0 Å². The molecule has 8 aromatic rings. The lowest BCUT2D eigenvalue weighted by molar-refractivity contribution is 0.487. The van der Waals surface area contributed by atoms with E-state index in [-0.39, 0.29) is 0 Å². The smallest absolute Gasteiger partial charge is 0.164 e. The van der Waals surface area contributed by atoms with Crippen molar-refractivity contribution in [3.05, 3.63) is 164 Å². The minimum absolute atomic E-state index is 0.646. The molecule has 0 bridgehead atoms. The predicted octanol–water partition coefficient (Wildman–Crippen LogP) is 11.1. The maximum Gasteiger partial charge on any atom is 0.164 e. The Morgan fingerprint density at radius 2 is 0.787 bits per heavy atom. The highest BCUT2D eigenvalue weighted by molar-refractivity contribution is 6.04. The third kappa shape index (κ3) is 4.93. The van der Waals surface area contributed by atoms with Gasteiger partial charge in [0.05, 0.1) is 0 Å². The van der Waals surface area contributed by atoms with Gasteiger partial charge in [-0.2, -0.15) is 0 Å². The summed E-state index contributed by atoms with van der Waals surface area (Å²) in [6.07, 6.45) is 0. The molecule has 7 aromatic carbocycles. The van der Waals surface area contributed by atoms with Crippen LogP contribution in [0.15, 0.2) is 164 Å². The molecule has 4 heteroatoms. The SMILES string of the molecule is c1ccc(-c2nc(-c3ccccc3)nc(-c3ccc(-c4ccc(-c5ccc6c(c5)Oc5cccc7cccc-6c57)cc4)cc3)n2)cc1. The first-order valence-electron chi connectivity index (χ1n) is 15.7. The predicted molar refractivity (Wildman–Crippen MR) is 190 cm³/mol. The molecular weight excluding hydrogens is 574 g/mol. The molecule has 0 amide bonds. The van der Waals surface area contributed by atoms with Gasteiger partial charge < -0.3 is 4.74 Å². The third-order valence-corrected chi connectivity index (χ3v) is 8.75. The monoisotopic (exact) mass is 601 g/mol. The number of aromatic nitrogens is 3. The second kappa shape index (κ2) is 11.2. The van der Waals surface area contributed by atoms with E-state index in [9.17, 15) is 0 Å². The topological polar surface area (TPSA) is 47.9 Å². The maximum atomic E-state index is 6.40. The number of fused-ring (bicyclic) bond motifs is 2. The van der Waals surface area contributed by atoms with E-state index in [0.29, 0.717) is 17.5 Å². The van der Waals surface area contributed by atoms with Crippen LogP contribution < -0.4 is 4.74 Å². The van der Waals surface area contributed by atoms with Gasteiger partial charge >= 0.3 is 0 Å². The number of benzene rings is 7. The Morgan fingerprint density at radius 3 is 1.36 bits per heavy atom. The molecule has 0 spiro atoms. The summed E-state index contributed by atoms with van der Waals surface area (Å²) < 4.78 is 6.40. The second-order valence-electron chi connectivity index (χ2n) is 11.7. The minimum atomic E-state index is 0.646. The van der Waals surface area contributed by atoms with Gasteiger partial charge in [0.1, 0.15) is 11.5 Å². The van der Waals surface area contributed by atoms with Crippen molar-refractivity contribution in [2.45, 2.75) is 0 Å². The van der Waals surface area contributed by atoms with Crippen molar-refractivity contribution in [2.75, 3.05) is 0 Å². The lowest BCUT2D eigenvalue weighted by Gasteiger charge is -2.22. The van der Waals surface area contributed by atoms with Crippen molar-refractivity contribution in [3.63, 3.8) is 0 Å². The van der Waals surface area contributed by atoms with Gasteiger partial charge in [-0.25, -0.2) is 15.0 Å². The summed E-state index contributed by atoms with van der Waals surface area (Å²) in [5, 5.41) is 2.37. The fourth-order valence-electron chi connectivity index (χ4n) is 6.35. The molecule has 1 aliphatic heterocycles. The van der Waals surface area contributed by atoms with Crippen LogP contribution in [0.3, 0.4) is 0 Å². The van der Waals surface area contributed by atoms with Crippen LogP contribution in [0.2, 0.25) is 0 Å². The van der Waals surface area contributed by atoms with Gasteiger partial charge in [-0.05, 0) is 51.4 Å². The van der Waals surface area contributed by atoms with E-state index in [1.165, 1.54) is 16.3 Å². The summed E-state index contributed by atoms with van der Waals surface area (Å²) in [6.45, 7) is 0. The summed E-state index contributed by atoms with van der Waals surface area (Å²) >= 11 is 0. The highest BCUT2D eigenvalue weighted by Crippen LogP contribution is 2.47. The van der Waals surface area contributed by atoms with Crippen LogP contribution in [0.5, 0.6) is 11.5 Å². The molecule has 0 fully saturated rings. The molecule has 9 rings (SSSR count). The van der Waals surface area contributed by atoms with Crippen molar-refractivity contribution in [1.29, 1.82) is 0 Å². The Hall–Kier alpha value is -6.39. The number of ether oxygens (including phenoxy) is 1. The van der Waals surface area contributed by atoms with Crippen molar-refractivity contribution in [1.82, 2.24) is 15.0 Å². The molecule has 0 unspecified atom stereocenters. The first-order valence-corrected chi connectivity index (χ1v) is 15.7. The molecule has 220 valence electrons. The van der Waals surface area contributed by atoms with Gasteiger partial charge in [0.25, 0.3) is 0 Å². The molecule has 1 aliphatic rings. The quantitative estimate of drug-likeness (QED) is 0.197.